The Morgan fingerprint density at radius 2 is 1.63 bits per heavy atom. The van der Waals surface area contributed by atoms with Crippen LogP contribution in [-0.2, 0) is 4.79 Å². The van der Waals surface area contributed by atoms with Crippen molar-refractivity contribution in [3.05, 3.63) is 0 Å². The minimum atomic E-state index is -0.264. The number of primary amides is 1. The molecule has 0 bridgehead atoms. The number of nitrogens with zero attached hydrogens (tertiary/aromatic N) is 1. The average molecular weight is 271 g/mol. The summed E-state index contributed by atoms with van der Waals surface area (Å²) in [4.78, 5) is 14.0. The molecule has 0 aromatic rings. The van der Waals surface area contributed by atoms with Crippen molar-refractivity contribution in [2.75, 3.05) is 13.1 Å². The maximum atomic E-state index is 11.6. The van der Waals surface area contributed by atoms with Gasteiger partial charge in [-0.25, -0.2) is 0 Å². The fourth-order valence-electron chi connectivity index (χ4n) is 2.51. The first kappa shape index (κ1) is 18.4. The lowest BCUT2D eigenvalue weighted by molar-refractivity contribution is -0.120. The third-order valence-corrected chi connectivity index (χ3v) is 3.35. The Kier molecular flexibility index (Phi) is 9.02. The molecule has 1 amide bonds. The van der Waals surface area contributed by atoms with E-state index < -0.39 is 0 Å². The van der Waals surface area contributed by atoms with E-state index in [9.17, 15) is 4.79 Å². The number of amides is 1. The summed E-state index contributed by atoms with van der Waals surface area (Å²) >= 11 is 0. The molecule has 0 aromatic heterocycles. The minimum absolute atomic E-state index is 0.256. The van der Waals surface area contributed by atoms with Gasteiger partial charge in [0.1, 0.15) is 0 Å². The lowest BCUT2D eigenvalue weighted by Crippen LogP contribution is -2.53. The van der Waals surface area contributed by atoms with Crippen LogP contribution in [0.5, 0.6) is 0 Å². The first-order valence-corrected chi connectivity index (χ1v) is 7.61. The third-order valence-electron chi connectivity index (χ3n) is 3.35. The number of carbonyl (C=O) groups is 1. The molecule has 0 spiro atoms. The second kappa shape index (κ2) is 9.32. The van der Waals surface area contributed by atoms with Crippen LogP contribution < -0.4 is 11.1 Å². The van der Waals surface area contributed by atoms with Gasteiger partial charge in [0.2, 0.25) is 5.91 Å². The molecule has 0 radical (unpaired) electrons. The number of rotatable bonds is 10. The smallest absolute Gasteiger partial charge is 0.235 e. The topological polar surface area (TPSA) is 58.4 Å². The zero-order chi connectivity index (χ0) is 15.0. The van der Waals surface area contributed by atoms with E-state index in [-0.39, 0.29) is 18.0 Å². The molecule has 4 heteroatoms. The van der Waals surface area contributed by atoms with Gasteiger partial charge in [-0.3, -0.25) is 9.69 Å². The zero-order valence-corrected chi connectivity index (χ0v) is 13.6. The van der Waals surface area contributed by atoms with Gasteiger partial charge in [0.25, 0.3) is 0 Å². The molecule has 0 aliphatic heterocycles. The summed E-state index contributed by atoms with van der Waals surface area (Å²) in [6.07, 6.45) is 2.22. The molecule has 1 atom stereocenters. The molecule has 114 valence electrons. The number of hydrogen-bond donors (Lipinski definition) is 2. The normalized spacial score (nSPS) is 13.8. The highest BCUT2D eigenvalue weighted by molar-refractivity contribution is 5.80. The average Bonchev–Trinajstić information content (AvgIpc) is 2.27. The van der Waals surface area contributed by atoms with Gasteiger partial charge < -0.3 is 11.1 Å². The molecule has 19 heavy (non-hydrogen) atoms. The summed E-state index contributed by atoms with van der Waals surface area (Å²) in [6.45, 7) is 14.6. The zero-order valence-electron chi connectivity index (χ0n) is 13.6. The minimum Gasteiger partial charge on any atom is -0.368 e. The Morgan fingerprint density at radius 3 is 1.95 bits per heavy atom. The highest BCUT2D eigenvalue weighted by Gasteiger charge is 2.24. The molecule has 0 saturated heterocycles. The van der Waals surface area contributed by atoms with Crippen molar-refractivity contribution >= 4 is 5.91 Å². The molecule has 1 unspecified atom stereocenters. The largest absolute Gasteiger partial charge is 0.368 e. The quantitative estimate of drug-likeness (QED) is 0.639. The second-order valence-corrected chi connectivity index (χ2v) is 6.09. The molecule has 0 aliphatic rings. The fraction of sp³-hybridized carbons (Fsp3) is 0.933. The van der Waals surface area contributed by atoms with Crippen LogP contribution in [0.2, 0.25) is 0 Å². The van der Waals surface area contributed by atoms with Crippen molar-refractivity contribution in [2.24, 2.45) is 11.7 Å². The van der Waals surface area contributed by atoms with E-state index in [0.717, 1.165) is 19.4 Å². The number of hydrogen-bond acceptors (Lipinski definition) is 3. The molecule has 4 nitrogen and oxygen atoms in total. The molecule has 0 aromatic carbocycles. The summed E-state index contributed by atoms with van der Waals surface area (Å²) < 4.78 is 0. The molecular weight excluding hydrogens is 238 g/mol. The second-order valence-electron chi connectivity index (χ2n) is 6.09. The highest BCUT2D eigenvalue weighted by atomic mass is 16.1. The SMILES string of the molecule is CCC(CC)N(CC(C)C)CC(NC(C)C)C(N)=O. The van der Waals surface area contributed by atoms with Crippen molar-refractivity contribution < 1.29 is 4.79 Å². The number of nitrogens with two attached hydrogens (primary N) is 1. The first-order chi connectivity index (χ1) is 8.81. The first-order valence-electron chi connectivity index (χ1n) is 7.61. The van der Waals surface area contributed by atoms with Crippen molar-refractivity contribution in [1.82, 2.24) is 10.2 Å². The van der Waals surface area contributed by atoms with E-state index >= 15 is 0 Å². The van der Waals surface area contributed by atoms with Crippen LogP contribution in [0.15, 0.2) is 0 Å². The lowest BCUT2D eigenvalue weighted by atomic mass is 10.1. The molecule has 0 saturated carbocycles. The van der Waals surface area contributed by atoms with E-state index in [1.807, 2.05) is 13.8 Å². The van der Waals surface area contributed by atoms with Crippen LogP contribution in [0.3, 0.4) is 0 Å². The van der Waals surface area contributed by atoms with Gasteiger partial charge in [0, 0.05) is 25.2 Å². The lowest BCUT2D eigenvalue weighted by Gasteiger charge is -2.34. The van der Waals surface area contributed by atoms with Crippen molar-refractivity contribution in [3.8, 4) is 0 Å². The van der Waals surface area contributed by atoms with Crippen molar-refractivity contribution in [2.45, 2.75) is 72.5 Å². The van der Waals surface area contributed by atoms with Gasteiger partial charge >= 0.3 is 0 Å². The van der Waals surface area contributed by atoms with Gasteiger partial charge in [-0.2, -0.15) is 0 Å². The van der Waals surface area contributed by atoms with E-state index in [0.29, 0.717) is 18.5 Å². The van der Waals surface area contributed by atoms with Gasteiger partial charge in [0.05, 0.1) is 6.04 Å². The Hall–Kier alpha value is -0.610. The van der Waals surface area contributed by atoms with E-state index in [2.05, 4.69) is 37.9 Å². The molecule has 0 aliphatic carbocycles. The monoisotopic (exact) mass is 271 g/mol. The summed E-state index contributed by atoms with van der Waals surface area (Å²) in [5.74, 6) is 0.335. The number of nitrogens with one attached hydrogen (secondary N) is 1. The maximum absolute atomic E-state index is 11.6. The van der Waals surface area contributed by atoms with Crippen LogP contribution >= 0.6 is 0 Å². The fourth-order valence-corrected chi connectivity index (χ4v) is 2.51. The molecule has 3 N–H and O–H groups in total. The predicted molar refractivity (Wildman–Crippen MR) is 82.0 cm³/mol. The summed E-state index contributed by atoms with van der Waals surface area (Å²) in [5.41, 5.74) is 5.52. The molecule has 0 fully saturated rings. The summed E-state index contributed by atoms with van der Waals surface area (Å²) in [6, 6.07) is 0.526. The summed E-state index contributed by atoms with van der Waals surface area (Å²) in [5, 5.41) is 3.27. The van der Waals surface area contributed by atoms with Gasteiger partial charge in [-0.05, 0) is 18.8 Å². The highest BCUT2D eigenvalue weighted by Crippen LogP contribution is 2.12. The summed E-state index contributed by atoms with van der Waals surface area (Å²) in [7, 11) is 0. The molecule has 0 rings (SSSR count). The van der Waals surface area contributed by atoms with Gasteiger partial charge in [0.15, 0.2) is 0 Å². The maximum Gasteiger partial charge on any atom is 0.235 e. The predicted octanol–water partition coefficient (Wildman–Crippen LogP) is 1.98. The Morgan fingerprint density at radius 1 is 1.11 bits per heavy atom. The van der Waals surface area contributed by atoms with Crippen LogP contribution in [-0.4, -0.2) is 42.0 Å². The van der Waals surface area contributed by atoms with E-state index in [1.165, 1.54) is 0 Å². The van der Waals surface area contributed by atoms with Gasteiger partial charge in [-0.15, -0.1) is 0 Å². The van der Waals surface area contributed by atoms with Gasteiger partial charge in [-0.1, -0.05) is 41.5 Å². The Bertz CT molecular complexity index is 250. The van der Waals surface area contributed by atoms with E-state index in [1.54, 1.807) is 0 Å². The van der Waals surface area contributed by atoms with Crippen LogP contribution in [0, 0.1) is 5.92 Å². The van der Waals surface area contributed by atoms with E-state index in [4.69, 9.17) is 5.73 Å². The van der Waals surface area contributed by atoms with Crippen LogP contribution in [0.25, 0.3) is 0 Å². The molecule has 0 heterocycles. The third kappa shape index (κ3) is 7.53. The van der Waals surface area contributed by atoms with Crippen LogP contribution in [0.4, 0.5) is 0 Å². The Labute approximate surface area is 119 Å². The molecular formula is C15H33N3O. The number of carbonyl (C=O) groups excluding carboxylic acids is 1. The standard InChI is InChI=1S/C15H33N3O/c1-7-13(8-2)18(9-11(3)4)10-14(15(16)19)17-12(5)6/h11-14,17H,7-10H2,1-6H3,(H2,16,19). The van der Waals surface area contributed by atoms with Crippen LogP contribution in [0.1, 0.15) is 54.4 Å². The van der Waals surface area contributed by atoms with Crippen molar-refractivity contribution in [3.63, 3.8) is 0 Å². The van der Waals surface area contributed by atoms with Crippen molar-refractivity contribution in [1.29, 1.82) is 0 Å². The Balaban J connectivity index is 4.78.